The van der Waals surface area contributed by atoms with E-state index in [0.717, 1.165) is 42.4 Å². The minimum atomic E-state index is 0.391. The Kier molecular flexibility index (Phi) is 3.92. The molecule has 0 saturated carbocycles. The molecule has 2 atom stereocenters. The fourth-order valence-electron chi connectivity index (χ4n) is 3.45. The van der Waals surface area contributed by atoms with Crippen LogP contribution in [0.3, 0.4) is 0 Å². The molecule has 2 unspecified atom stereocenters. The number of nitrogens with zero attached hydrogens (tertiary/aromatic N) is 3. The highest BCUT2D eigenvalue weighted by molar-refractivity contribution is 5.41. The van der Waals surface area contributed by atoms with Crippen molar-refractivity contribution in [3.8, 4) is 0 Å². The minimum absolute atomic E-state index is 0.391. The van der Waals surface area contributed by atoms with Crippen molar-refractivity contribution in [3.63, 3.8) is 0 Å². The number of hydrogen-bond donors (Lipinski definition) is 1. The highest BCUT2D eigenvalue weighted by Crippen LogP contribution is 2.28. The van der Waals surface area contributed by atoms with Crippen LogP contribution in [0.1, 0.15) is 50.5 Å². The molecule has 1 aromatic heterocycles. The number of aromatic nitrogens is 2. The normalized spacial score (nSPS) is 26.7. The Morgan fingerprint density at radius 1 is 1.30 bits per heavy atom. The van der Waals surface area contributed by atoms with Gasteiger partial charge in [-0.15, -0.1) is 0 Å². The van der Waals surface area contributed by atoms with Gasteiger partial charge in [0.25, 0.3) is 0 Å². The second-order valence-electron chi connectivity index (χ2n) is 6.58. The van der Waals surface area contributed by atoms with E-state index in [1.165, 1.54) is 25.8 Å². The van der Waals surface area contributed by atoms with Gasteiger partial charge in [-0.25, -0.2) is 9.97 Å². The largest absolute Gasteiger partial charge is 0.356 e. The van der Waals surface area contributed by atoms with Crippen LogP contribution in [0.5, 0.6) is 0 Å². The maximum Gasteiger partial charge on any atom is 0.133 e. The summed E-state index contributed by atoms with van der Waals surface area (Å²) in [5.41, 5.74) is 1.09. The number of piperidine rings is 2. The van der Waals surface area contributed by atoms with Crippen molar-refractivity contribution >= 4 is 5.82 Å². The number of nitrogens with one attached hydrogen (secondary N) is 1. The van der Waals surface area contributed by atoms with Crippen LogP contribution in [0.2, 0.25) is 0 Å². The minimum Gasteiger partial charge on any atom is -0.356 e. The van der Waals surface area contributed by atoms with Gasteiger partial charge in [-0.3, -0.25) is 0 Å². The molecule has 20 heavy (non-hydrogen) atoms. The van der Waals surface area contributed by atoms with Crippen LogP contribution < -0.4 is 10.2 Å². The van der Waals surface area contributed by atoms with E-state index in [1.807, 2.05) is 0 Å². The van der Waals surface area contributed by atoms with Crippen LogP contribution in [-0.4, -0.2) is 35.6 Å². The van der Waals surface area contributed by atoms with Crippen molar-refractivity contribution in [2.45, 2.75) is 52.0 Å². The van der Waals surface area contributed by atoms with Crippen LogP contribution >= 0.6 is 0 Å². The monoisotopic (exact) mass is 274 g/mol. The van der Waals surface area contributed by atoms with E-state index >= 15 is 0 Å². The van der Waals surface area contributed by atoms with Crippen molar-refractivity contribution in [1.82, 2.24) is 15.3 Å². The Bertz CT molecular complexity index is 472. The van der Waals surface area contributed by atoms with Crippen molar-refractivity contribution in [2.24, 2.45) is 5.92 Å². The molecule has 2 saturated heterocycles. The molecule has 1 N–H and O–H groups in total. The number of fused-ring (bicyclic) bond motifs is 1. The van der Waals surface area contributed by atoms with Crippen LogP contribution in [0.15, 0.2) is 6.07 Å². The Morgan fingerprint density at radius 3 is 2.95 bits per heavy atom. The lowest BCUT2D eigenvalue weighted by Gasteiger charge is -2.42. The van der Waals surface area contributed by atoms with Gasteiger partial charge in [0, 0.05) is 36.8 Å². The summed E-state index contributed by atoms with van der Waals surface area (Å²) in [5.74, 6) is 3.28. The quantitative estimate of drug-likeness (QED) is 0.899. The average molecular weight is 274 g/mol. The second-order valence-corrected chi connectivity index (χ2v) is 6.58. The Hall–Kier alpha value is -1.16. The first-order valence-corrected chi connectivity index (χ1v) is 7.97. The van der Waals surface area contributed by atoms with Crippen molar-refractivity contribution in [1.29, 1.82) is 0 Å². The van der Waals surface area contributed by atoms with Gasteiger partial charge in [0.2, 0.25) is 0 Å². The molecule has 0 radical (unpaired) electrons. The summed E-state index contributed by atoms with van der Waals surface area (Å²) in [6.07, 6.45) is 3.91. The highest BCUT2D eigenvalue weighted by atomic mass is 15.2. The molecule has 2 aliphatic heterocycles. The van der Waals surface area contributed by atoms with Gasteiger partial charge in [-0.1, -0.05) is 13.8 Å². The van der Waals surface area contributed by atoms with Gasteiger partial charge in [0.1, 0.15) is 11.6 Å². The van der Waals surface area contributed by atoms with Crippen molar-refractivity contribution in [3.05, 3.63) is 17.6 Å². The number of aryl methyl sites for hydroxylation is 1. The van der Waals surface area contributed by atoms with Gasteiger partial charge < -0.3 is 10.2 Å². The third-order valence-electron chi connectivity index (χ3n) is 4.59. The molecule has 4 nitrogen and oxygen atoms in total. The maximum atomic E-state index is 4.79. The summed E-state index contributed by atoms with van der Waals surface area (Å²) in [6.45, 7) is 9.86. The summed E-state index contributed by atoms with van der Waals surface area (Å²) in [7, 11) is 0. The summed E-state index contributed by atoms with van der Waals surface area (Å²) >= 11 is 0. The zero-order valence-electron chi connectivity index (χ0n) is 12.9. The Balaban J connectivity index is 1.79. The van der Waals surface area contributed by atoms with E-state index < -0.39 is 0 Å². The highest BCUT2D eigenvalue weighted by Gasteiger charge is 2.31. The molecular weight excluding hydrogens is 248 g/mol. The molecule has 3 heterocycles. The third-order valence-corrected chi connectivity index (χ3v) is 4.59. The molecule has 3 rings (SSSR count). The molecular formula is C16H26N4. The van der Waals surface area contributed by atoms with Gasteiger partial charge >= 0.3 is 0 Å². The molecule has 4 heteroatoms. The lowest BCUT2D eigenvalue weighted by molar-refractivity contribution is 0.244. The molecule has 2 aliphatic rings. The lowest BCUT2D eigenvalue weighted by Crippen LogP contribution is -2.52. The predicted octanol–water partition coefficient (Wildman–Crippen LogP) is 2.49. The average Bonchev–Trinajstić information content (AvgIpc) is 2.46. The van der Waals surface area contributed by atoms with E-state index in [4.69, 9.17) is 4.98 Å². The summed E-state index contributed by atoms with van der Waals surface area (Å²) in [6, 6.07) is 2.87. The van der Waals surface area contributed by atoms with Crippen LogP contribution in [0.25, 0.3) is 0 Å². The lowest BCUT2D eigenvalue weighted by atomic mass is 9.85. The van der Waals surface area contributed by atoms with Gasteiger partial charge in [-0.05, 0) is 38.6 Å². The molecule has 0 amide bonds. The second kappa shape index (κ2) is 5.68. The molecule has 110 valence electrons. The van der Waals surface area contributed by atoms with Crippen molar-refractivity contribution in [2.75, 3.05) is 24.5 Å². The summed E-state index contributed by atoms with van der Waals surface area (Å²) in [5, 5.41) is 3.67. The SMILES string of the molecule is Cc1cc(N2CCC3NCCCC3C2)nc(C(C)C)n1. The first-order valence-electron chi connectivity index (χ1n) is 7.97. The van der Waals surface area contributed by atoms with Gasteiger partial charge in [0.05, 0.1) is 0 Å². The van der Waals surface area contributed by atoms with E-state index in [9.17, 15) is 0 Å². The molecule has 1 aromatic rings. The fourth-order valence-corrected chi connectivity index (χ4v) is 3.45. The summed E-state index contributed by atoms with van der Waals surface area (Å²) in [4.78, 5) is 11.8. The molecule has 0 aliphatic carbocycles. The Morgan fingerprint density at radius 2 is 2.15 bits per heavy atom. The smallest absolute Gasteiger partial charge is 0.133 e. The van der Waals surface area contributed by atoms with E-state index in [2.05, 4.69) is 42.0 Å². The van der Waals surface area contributed by atoms with Gasteiger partial charge in [0.15, 0.2) is 0 Å². The van der Waals surface area contributed by atoms with Crippen LogP contribution in [-0.2, 0) is 0 Å². The maximum absolute atomic E-state index is 4.79. The first kappa shape index (κ1) is 13.8. The van der Waals surface area contributed by atoms with E-state index in [0.29, 0.717) is 5.92 Å². The molecule has 0 aromatic carbocycles. The summed E-state index contributed by atoms with van der Waals surface area (Å²) < 4.78 is 0. The number of hydrogen-bond acceptors (Lipinski definition) is 4. The molecule has 2 fully saturated rings. The van der Waals surface area contributed by atoms with Gasteiger partial charge in [-0.2, -0.15) is 0 Å². The van der Waals surface area contributed by atoms with E-state index in [1.54, 1.807) is 0 Å². The van der Waals surface area contributed by atoms with Crippen LogP contribution in [0, 0.1) is 12.8 Å². The fraction of sp³-hybridized carbons (Fsp3) is 0.750. The van der Waals surface area contributed by atoms with E-state index in [-0.39, 0.29) is 0 Å². The standard InChI is InChI=1S/C16H26N4/c1-11(2)16-18-12(3)9-15(19-16)20-8-6-14-13(10-20)5-4-7-17-14/h9,11,13-14,17H,4-8,10H2,1-3H3. The topological polar surface area (TPSA) is 41.0 Å². The molecule has 0 spiro atoms. The zero-order chi connectivity index (χ0) is 14.1. The number of anilines is 1. The number of rotatable bonds is 2. The third kappa shape index (κ3) is 2.80. The predicted molar refractivity (Wildman–Crippen MR) is 82.2 cm³/mol. The first-order chi connectivity index (χ1) is 9.63. The Labute approximate surface area is 122 Å². The molecule has 0 bridgehead atoms. The van der Waals surface area contributed by atoms with Crippen molar-refractivity contribution < 1.29 is 0 Å². The zero-order valence-corrected chi connectivity index (χ0v) is 12.9. The van der Waals surface area contributed by atoms with Crippen LogP contribution in [0.4, 0.5) is 5.82 Å².